The number of carbonyl (C=O) groups excluding carboxylic acids is 1. The van der Waals surface area contributed by atoms with Gasteiger partial charge in [0.05, 0.1) is 0 Å². The number of alkyl halides is 3. The predicted octanol–water partition coefficient (Wildman–Crippen LogP) is 1.66. The molecule has 8 heteroatoms. The fraction of sp³-hybridized carbons (Fsp3) is 0.222. The van der Waals surface area contributed by atoms with E-state index in [-0.39, 0.29) is 6.42 Å². The quantitative estimate of drug-likeness (QED) is 0.473. The average molecular weight is 268 g/mol. The van der Waals surface area contributed by atoms with Crippen LogP contribution in [0, 0.1) is 0 Å². The summed E-state index contributed by atoms with van der Waals surface area (Å²) in [6.45, 7) is 0. The zero-order valence-corrected chi connectivity index (χ0v) is 9.09. The summed E-state index contributed by atoms with van der Waals surface area (Å²) in [6, 6.07) is 4.86. The Morgan fingerprint density at radius 2 is 1.94 bits per heavy atom. The molecule has 1 aromatic rings. The summed E-state index contributed by atoms with van der Waals surface area (Å²) in [7, 11) is -5.67. The molecule has 4 nitrogen and oxygen atoms in total. The van der Waals surface area contributed by atoms with Crippen molar-refractivity contribution in [3.05, 3.63) is 29.8 Å². The lowest BCUT2D eigenvalue weighted by Crippen LogP contribution is -2.28. The van der Waals surface area contributed by atoms with Crippen LogP contribution in [0.25, 0.3) is 0 Å². The van der Waals surface area contributed by atoms with Gasteiger partial charge in [-0.15, -0.1) is 0 Å². The van der Waals surface area contributed by atoms with Crippen LogP contribution in [0.1, 0.15) is 5.56 Å². The number of rotatable bonds is 4. The summed E-state index contributed by atoms with van der Waals surface area (Å²) in [5, 5.41) is 0. The van der Waals surface area contributed by atoms with Crippen LogP contribution >= 0.6 is 0 Å². The van der Waals surface area contributed by atoms with E-state index in [0.717, 1.165) is 12.1 Å². The largest absolute Gasteiger partial charge is 0.534 e. The van der Waals surface area contributed by atoms with Crippen molar-refractivity contribution in [1.29, 1.82) is 0 Å². The van der Waals surface area contributed by atoms with Crippen LogP contribution in [-0.4, -0.2) is 20.2 Å². The molecule has 0 aliphatic carbocycles. The highest BCUT2D eigenvalue weighted by Gasteiger charge is 2.48. The topological polar surface area (TPSA) is 60.4 Å². The molecule has 0 amide bonds. The number of halogens is 3. The summed E-state index contributed by atoms with van der Waals surface area (Å²) in [5.41, 5.74) is -5.12. The van der Waals surface area contributed by atoms with Gasteiger partial charge in [-0.25, -0.2) is 0 Å². The third kappa shape index (κ3) is 3.45. The maximum absolute atomic E-state index is 12.0. The molecule has 1 rings (SSSR count). The van der Waals surface area contributed by atoms with E-state index in [1.165, 1.54) is 12.1 Å². The first kappa shape index (κ1) is 13.5. The van der Waals surface area contributed by atoms with E-state index >= 15 is 0 Å². The van der Waals surface area contributed by atoms with Gasteiger partial charge in [-0.3, -0.25) is 0 Å². The molecule has 0 heterocycles. The lowest BCUT2D eigenvalue weighted by molar-refractivity contribution is -0.107. The zero-order valence-electron chi connectivity index (χ0n) is 8.27. The molecule has 0 aromatic heterocycles. The monoisotopic (exact) mass is 268 g/mol. The molecule has 0 aliphatic heterocycles. The minimum absolute atomic E-state index is 0.0384. The van der Waals surface area contributed by atoms with Gasteiger partial charge >= 0.3 is 15.6 Å². The molecule has 0 bridgehead atoms. The average Bonchev–Trinajstić information content (AvgIpc) is 2.16. The van der Waals surface area contributed by atoms with Crippen LogP contribution in [-0.2, 0) is 21.3 Å². The van der Waals surface area contributed by atoms with Gasteiger partial charge < -0.3 is 8.98 Å². The smallest absolute Gasteiger partial charge is 0.376 e. The lowest BCUT2D eigenvalue weighted by atomic mass is 10.2. The van der Waals surface area contributed by atoms with E-state index in [1.807, 2.05) is 0 Å². The minimum atomic E-state index is -5.67. The molecule has 1 aromatic carbocycles. The number of hydrogen-bond acceptors (Lipinski definition) is 4. The van der Waals surface area contributed by atoms with E-state index in [0.29, 0.717) is 11.8 Å². The van der Waals surface area contributed by atoms with Gasteiger partial charge in [-0.2, -0.15) is 21.6 Å². The van der Waals surface area contributed by atoms with Crippen molar-refractivity contribution in [3.63, 3.8) is 0 Å². The third-order valence-corrected chi connectivity index (χ3v) is 2.69. The fourth-order valence-electron chi connectivity index (χ4n) is 0.994. The van der Waals surface area contributed by atoms with Crippen LogP contribution in [0.5, 0.6) is 5.75 Å². The van der Waals surface area contributed by atoms with Crippen molar-refractivity contribution in [2.24, 2.45) is 0 Å². The fourth-order valence-corrected chi connectivity index (χ4v) is 1.45. The van der Waals surface area contributed by atoms with Gasteiger partial charge in [0.1, 0.15) is 12.0 Å². The van der Waals surface area contributed by atoms with Crippen molar-refractivity contribution < 1.29 is 30.6 Å². The Balaban J connectivity index is 2.96. The van der Waals surface area contributed by atoms with Gasteiger partial charge in [0.2, 0.25) is 0 Å². The Labute approximate surface area is 95.1 Å². The van der Waals surface area contributed by atoms with Crippen LogP contribution in [0.15, 0.2) is 24.3 Å². The Kier molecular flexibility index (Phi) is 3.76. The summed E-state index contributed by atoms with van der Waals surface area (Å²) in [4.78, 5) is 10.2. The number of aldehydes is 1. The van der Waals surface area contributed by atoms with Gasteiger partial charge in [0, 0.05) is 6.42 Å². The van der Waals surface area contributed by atoms with Crippen LogP contribution in [0.4, 0.5) is 13.2 Å². The Morgan fingerprint density at radius 1 is 1.29 bits per heavy atom. The number of hydrogen-bond donors (Lipinski definition) is 0. The summed E-state index contributed by atoms with van der Waals surface area (Å²) in [5.74, 6) is -0.485. The normalized spacial score (nSPS) is 12.2. The minimum Gasteiger partial charge on any atom is -0.376 e. The zero-order chi connectivity index (χ0) is 13.1. The molecule has 0 spiro atoms. The molecule has 0 unspecified atom stereocenters. The van der Waals surface area contributed by atoms with Crippen molar-refractivity contribution >= 4 is 16.4 Å². The van der Waals surface area contributed by atoms with Gasteiger partial charge in [0.25, 0.3) is 0 Å². The van der Waals surface area contributed by atoms with Gasteiger partial charge in [-0.05, 0) is 17.7 Å². The second kappa shape index (κ2) is 4.74. The molecule has 0 atom stereocenters. The first-order chi connectivity index (χ1) is 7.76. The van der Waals surface area contributed by atoms with Crippen molar-refractivity contribution in [2.45, 2.75) is 11.9 Å². The molecule has 94 valence electrons. The third-order valence-electron chi connectivity index (χ3n) is 1.71. The first-order valence-corrected chi connectivity index (χ1v) is 5.70. The first-order valence-electron chi connectivity index (χ1n) is 4.29. The predicted molar refractivity (Wildman–Crippen MR) is 51.8 cm³/mol. The molecular weight excluding hydrogens is 261 g/mol. The van der Waals surface area contributed by atoms with Crippen LogP contribution in [0.2, 0.25) is 0 Å². The van der Waals surface area contributed by atoms with Crippen molar-refractivity contribution in [1.82, 2.24) is 0 Å². The molecule has 0 fully saturated rings. The molecule has 17 heavy (non-hydrogen) atoms. The lowest BCUT2D eigenvalue weighted by Gasteiger charge is -2.09. The highest BCUT2D eigenvalue weighted by Crippen LogP contribution is 2.27. The van der Waals surface area contributed by atoms with E-state index in [9.17, 15) is 26.4 Å². The maximum atomic E-state index is 12.0. The summed E-state index contributed by atoms with van der Waals surface area (Å²) >= 11 is 0. The van der Waals surface area contributed by atoms with E-state index in [1.54, 1.807) is 0 Å². The Hall–Kier alpha value is -1.57. The van der Waals surface area contributed by atoms with Crippen molar-refractivity contribution in [3.8, 4) is 5.75 Å². The Bertz CT molecular complexity index is 507. The standard InChI is InChI=1S/C9H7F3O4S/c10-9(11,12)17(14,15)16-8-3-1-2-7(6-8)4-5-13/h1-3,5-6H,4H2. The molecule has 0 radical (unpaired) electrons. The summed E-state index contributed by atoms with van der Waals surface area (Å²) < 4.78 is 61.2. The van der Waals surface area contributed by atoms with Crippen LogP contribution < -0.4 is 4.18 Å². The molecule has 0 saturated heterocycles. The second-order valence-corrected chi connectivity index (χ2v) is 4.54. The van der Waals surface area contributed by atoms with E-state index in [2.05, 4.69) is 4.18 Å². The second-order valence-electron chi connectivity index (χ2n) is 3.00. The molecule has 0 aliphatic rings. The van der Waals surface area contributed by atoms with Gasteiger partial charge in [-0.1, -0.05) is 12.1 Å². The molecule has 0 saturated carbocycles. The SMILES string of the molecule is O=CCc1cccc(OS(=O)(=O)C(F)(F)F)c1. The van der Waals surface area contributed by atoms with Crippen molar-refractivity contribution in [2.75, 3.05) is 0 Å². The van der Waals surface area contributed by atoms with E-state index < -0.39 is 21.4 Å². The van der Waals surface area contributed by atoms with Crippen LogP contribution in [0.3, 0.4) is 0 Å². The summed E-state index contributed by atoms with van der Waals surface area (Å²) in [6.07, 6.45) is 0.501. The maximum Gasteiger partial charge on any atom is 0.534 e. The van der Waals surface area contributed by atoms with Gasteiger partial charge in [0.15, 0.2) is 0 Å². The highest BCUT2D eigenvalue weighted by molar-refractivity contribution is 7.87. The molecule has 0 N–H and O–H groups in total. The van der Waals surface area contributed by atoms with E-state index in [4.69, 9.17) is 0 Å². The molecular formula is C9H7F3O4S. The Morgan fingerprint density at radius 3 is 2.47 bits per heavy atom. The number of carbonyl (C=O) groups is 1. The highest BCUT2D eigenvalue weighted by atomic mass is 32.2. The number of benzene rings is 1.